The van der Waals surface area contributed by atoms with E-state index in [1.165, 1.54) is 19.3 Å². The molecule has 18 heavy (non-hydrogen) atoms. The van der Waals surface area contributed by atoms with Crippen LogP contribution in [-0.4, -0.2) is 22.6 Å². The molecule has 5 heteroatoms. The first-order valence-corrected chi connectivity index (χ1v) is 6.93. The highest BCUT2D eigenvalue weighted by Crippen LogP contribution is 2.39. The second-order valence-electron chi connectivity index (χ2n) is 5.50. The minimum Gasteiger partial charge on any atom is -0.365 e. The van der Waals surface area contributed by atoms with Crippen molar-refractivity contribution in [3.8, 4) is 0 Å². The van der Waals surface area contributed by atoms with Crippen LogP contribution >= 0.6 is 11.6 Å². The van der Waals surface area contributed by atoms with Gasteiger partial charge in [-0.1, -0.05) is 31.9 Å². The maximum Gasteiger partial charge on any atom is 0.224 e. The third-order valence-corrected chi connectivity index (χ3v) is 3.92. The van der Waals surface area contributed by atoms with Gasteiger partial charge in [-0.05, 0) is 25.2 Å². The van der Waals surface area contributed by atoms with E-state index < -0.39 is 0 Å². The quantitative estimate of drug-likeness (QED) is 0.877. The summed E-state index contributed by atoms with van der Waals surface area (Å²) in [5.74, 6) is 1.36. The lowest BCUT2D eigenvalue weighted by Crippen LogP contribution is -2.31. The van der Waals surface area contributed by atoms with Crippen molar-refractivity contribution in [3.63, 3.8) is 0 Å². The number of hydrogen-bond donors (Lipinski definition) is 2. The van der Waals surface area contributed by atoms with Crippen LogP contribution in [0.1, 0.15) is 40.0 Å². The van der Waals surface area contributed by atoms with Gasteiger partial charge in [-0.25, -0.2) is 4.98 Å². The molecule has 1 atom stereocenters. The van der Waals surface area contributed by atoms with E-state index in [2.05, 4.69) is 34.4 Å². The molecule has 0 amide bonds. The number of halogens is 1. The molecule has 0 bridgehead atoms. The number of nitrogens with one attached hydrogen (secondary N) is 2. The van der Waals surface area contributed by atoms with Crippen molar-refractivity contribution in [1.29, 1.82) is 0 Å². The molecule has 100 valence electrons. The summed E-state index contributed by atoms with van der Waals surface area (Å²) in [6, 6.07) is 0.430. The van der Waals surface area contributed by atoms with Crippen LogP contribution in [-0.2, 0) is 0 Å². The summed E-state index contributed by atoms with van der Waals surface area (Å²) >= 11 is 6.15. The van der Waals surface area contributed by atoms with Gasteiger partial charge in [0.2, 0.25) is 5.95 Å². The Morgan fingerprint density at radius 1 is 1.50 bits per heavy atom. The van der Waals surface area contributed by atoms with Crippen LogP contribution in [0.4, 0.5) is 11.8 Å². The maximum atomic E-state index is 6.15. The lowest BCUT2D eigenvalue weighted by atomic mass is 9.87. The fourth-order valence-electron chi connectivity index (χ4n) is 2.47. The Balaban J connectivity index is 2.15. The Kier molecular flexibility index (Phi) is 3.95. The van der Waals surface area contributed by atoms with Crippen LogP contribution < -0.4 is 10.6 Å². The highest BCUT2D eigenvalue weighted by atomic mass is 35.5. The smallest absolute Gasteiger partial charge is 0.224 e. The molecule has 2 N–H and O–H groups in total. The Morgan fingerprint density at radius 3 is 2.89 bits per heavy atom. The van der Waals surface area contributed by atoms with Crippen LogP contribution in [0.2, 0.25) is 5.02 Å². The van der Waals surface area contributed by atoms with Gasteiger partial charge >= 0.3 is 0 Å². The SMILES string of the molecule is CCNc1ncc(Cl)c(NC2CCCC2(C)C)n1. The summed E-state index contributed by atoms with van der Waals surface area (Å²) in [6.07, 6.45) is 5.32. The lowest BCUT2D eigenvalue weighted by molar-refractivity contribution is 0.349. The first-order chi connectivity index (χ1) is 8.53. The van der Waals surface area contributed by atoms with Gasteiger partial charge in [0.15, 0.2) is 5.82 Å². The van der Waals surface area contributed by atoms with E-state index in [4.69, 9.17) is 11.6 Å². The average Bonchev–Trinajstić information content (AvgIpc) is 2.63. The summed E-state index contributed by atoms with van der Waals surface area (Å²) in [5, 5.41) is 7.16. The maximum absolute atomic E-state index is 6.15. The van der Waals surface area contributed by atoms with Gasteiger partial charge in [0.05, 0.1) is 6.20 Å². The van der Waals surface area contributed by atoms with E-state index in [0.717, 1.165) is 12.4 Å². The third-order valence-electron chi connectivity index (χ3n) is 3.65. The second kappa shape index (κ2) is 5.31. The van der Waals surface area contributed by atoms with Crippen molar-refractivity contribution < 1.29 is 0 Å². The van der Waals surface area contributed by atoms with Gasteiger partial charge in [-0.15, -0.1) is 0 Å². The molecule has 0 saturated heterocycles. The largest absolute Gasteiger partial charge is 0.365 e. The van der Waals surface area contributed by atoms with Crippen molar-refractivity contribution >= 4 is 23.4 Å². The van der Waals surface area contributed by atoms with Crippen LogP contribution in [0.3, 0.4) is 0 Å². The number of aromatic nitrogens is 2. The molecule has 1 fully saturated rings. The van der Waals surface area contributed by atoms with Crippen LogP contribution in [0.25, 0.3) is 0 Å². The Hall–Kier alpha value is -1.03. The molecule has 0 spiro atoms. The molecule has 4 nitrogen and oxygen atoms in total. The molecule has 1 aliphatic carbocycles. The topological polar surface area (TPSA) is 49.8 Å². The molecule has 2 rings (SSSR count). The van der Waals surface area contributed by atoms with E-state index in [9.17, 15) is 0 Å². The third kappa shape index (κ3) is 2.86. The molecule has 0 aromatic carbocycles. The fourth-order valence-corrected chi connectivity index (χ4v) is 2.62. The van der Waals surface area contributed by atoms with Crippen molar-refractivity contribution in [2.75, 3.05) is 17.2 Å². The molecule has 1 aliphatic rings. The zero-order chi connectivity index (χ0) is 13.2. The first kappa shape index (κ1) is 13.4. The summed E-state index contributed by atoms with van der Waals surface area (Å²) in [6.45, 7) is 7.40. The van der Waals surface area contributed by atoms with Crippen LogP contribution in [0.5, 0.6) is 0 Å². The predicted molar refractivity (Wildman–Crippen MR) is 76.2 cm³/mol. The van der Waals surface area contributed by atoms with E-state index in [1.807, 2.05) is 6.92 Å². The van der Waals surface area contributed by atoms with Crippen molar-refractivity contribution in [1.82, 2.24) is 9.97 Å². The van der Waals surface area contributed by atoms with Crippen molar-refractivity contribution in [2.45, 2.75) is 46.1 Å². The monoisotopic (exact) mass is 268 g/mol. The molecular weight excluding hydrogens is 248 g/mol. The Bertz CT molecular complexity index is 419. The number of anilines is 2. The molecule has 0 aliphatic heterocycles. The standard InChI is InChI=1S/C13H21ClN4/c1-4-15-12-16-8-9(14)11(18-12)17-10-6-5-7-13(10,2)3/h8,10H,4-7H2,1-3H3,(H2,15,16,17,18). The van der Waals surface area contributed by atoms with E-state index >= 15 is 0 Å². The lowest BCUT2D eigenvalue weighted by Gasteiger charge is -2.28. The fraction of sp³-hybridized carbons (Fsp3) is 0.692. The summed E-state index contributed by atoms with van der Waals surface area (Å²) in [7, 11) is 0. The number of rotatable bonds is 4. The highest BCUT2D eigenvalue weighted by Gasteiger charge is 2.34. The Morgan fingerprint density at radius 2 is 2.28 bits per heavy atom. The van der Waals surface area contributed by atoms with Gasteiger partial charge in [0, 0.05) is 12.6 Å². The van der Waals surface area contributed by atoms with E-state index in [0.29, 0.717) is 22.4 Å². The summed E-state index contributed by atoms with van der Waals surface area (Å²) in [5.41, 5.74) is 0.298. The molecular formula is C13H21ClN4. The summed E-state index contributed by atoms with van der Waals surface area (Å²) < 4.78 is 0. The van der Waals surface area contributed by atoms with Crippen LogP contribution in [0.15, 0.2) is 6.20 Å². The molecule has 1 unspecified atom stereocenters. The minimum absolute atomic E-state index is 0.298. The van der Waals surface area contributed by atoms with E-state index in [-0.39, 0.29) is 0 Å². The van der Waals surface area contributed by atoms with Gasteiger partial charge in [-0.3, -0.25) is 0 Å². The van der Waals surface area contributed by atoms with Gasteiger partial charge in [-0.2, -0.15) is 4.98 Å². The molecule has 1 aromatic heterocycles. The van der Waals surface area contributed by atoms with Crippen LogP contribution in [0, 0.1) is 5.41 Å². The zero-order valence-electron chi connectivity index (χ0n) is 11.3. The molecule has 1 heterocycles. The normalized spacial score (nSPS) is 21.9. The van der Waals surface area contributed by atoms with Crippen molar-refractivity contribution in [3.05, 3.63) is 11.2 Å². The molecule has 1 aromatic rings. The highest BCUT2D eigenvalue weighted by molar-refractivity contribution is 6.32. The first-order valence-electron chi connectivity index (χ1n) is 6.56. The van der Waals surface area contributed by atoms with Crippen molar-refractivity contribution in [2.24, 2.45) is 5.41 Å². The van der Waals surface area contributed by atoms with Gasteiger partial charge in [0.25, 0.3) is 0 Å². The van der Waals surface area contributed by atoms with Gasteiger partial charge in [0.1, 0.15) is 5.02 Å². The zero-order valence-corrected chi connectivity index (χ0v) is 12.0. The van der Waals surface area contributed by atoms with Gasteiger partial charge < -0.3 is 10.6 Å². The number of hydrogen-bond acceptors (Lipinski definition) is 4. The molecule has 1 saturated carbocycles. The molecule has 0 radical (unpaired) electrons. The Labute approximate surface area is 114 Å². The minimum atomic E-state index is 0.298. The number of nitrogens with zero attached hydrogens (tertiary/aromatic N) is 2. The second-order valence-corrected chi connectivity index (χ2v) is 5.91. The average molecular weight is 269 g/mol. The summed E-state index contributed by atoms with van der Waals surface area (Å²) in [4.78, 5) is 8.57. The van der Waals surface area contributed by atoms with E-state index in [1.54, 1.807) is 6.20 Å². The predicted octanol–water partition coefficient (Wildman–Crippen LogP) is 3.55.